The lowest BCUT2D eigenvalue weighted by molar-refractivity contribution is -0.137. The van der Waals surface area contributed by atoms with Gasteiger partial charge in [0.15, 0.2) is 0 Å². The van der Waals surface area contributed by atoms with Crippen LogP contribution in [-0.4, -0.2) is 42.0 Å². The van der Waals surface area contributed by atoms with Gasteiger partial charge in [-0.15, -0.1) is 0 Å². The Morgan fingerprint density at radius 1 is 1.45 bits per heavy atom. The Balaban J connectivity index is 1.98. The molecule has 1 aliphatic carbocycles. The molecule has 0 aromatic rings. The molecular weight excluding hydrogens is 256 g/mol. The molecule has 1 amide bonds. The van der Waals surface area contributed by atoms with Crippen molar-refractivity contribution < 1.29 is 14.3 Å². The Kier molecular flexibility index (Phi) is 4.09. The fraction of sp³-hybridized carbons (Fsp3) is 0.867. The summed E-state index contributed by atoms with van der Waals surface area (Å²) in [4.78, 5) is 25.3. The summed E-state index contributed by atoms with van der Waals surface area (Å²) in [6, 6.07) is 0. The average molecular weight is 282 g/mol. The maximum absolute atomic E-state index is 12.2. The molecule has 1 saturated heterocycles. The Morgan fingerprint density at radius 3 is 2.60 bits per heavy atom. The van der Waals surface area contributed by atoms with E-state index in [-0.39, 0.29) is 11.5 Å². The zero-order valence-electron chi connectivity index (χ0n) is 12.8. The predicted octanol–water partition coefficient (Wildman–Crippen LogP) is 1.94. The second-order valence-electron chi connectivity index (χ2n) is 7.22. The van der Waals surface area contributed by atoms with Gasteiger partial charge in [0.2, 0.25) is 0 Å². The molecule has 1 aliphatic heterocycles. The van der Waals surface area contributed by atoms with Crippen molar-refractivity contribution in [2.75, 3.05) is 19.6 Å². The summed E-state index contributed by atoms with van der Waals surface area (Å²) in [5.74, 6) is 0.622. The third kappa shape index (κ3) is 3.14. The summed E-state index contributed by atoms with van der Waals surface area (Å²) in [5.41, 5.74) is 5.36. The number of piperidine rings is 1. The lowest BCUT2D eigenvalue weighted by Gasteiger charge is -2.49. The van der Waals surface area contributed by atoms with Gasteiger partial charge in [-0.05, 0) is 46.1 Å². The van der Waals surface area contributed by atoms with E-state index >= 15 is 0 Å². The van der Waals surface area contributed by atoms with Crippen molar-refractivity contribution >= 4 is 11.9 Å². The van der Waals surface area contributed by atoms with Crippen molar-refractivity contribution in [2.24, 2.45) is 17.1 Å². The maximum Gasteiger partial charge on any atom is 0.410 e. The molecule has 0 spiro atoms. The van der Waals surface area contributed by atoms with Crippen molar-refractivity contribution in [1.82, 2.24) is 4.90 Å². The topological polar surface area (TPSA) is 72.6 Å². The number of hydrogen-bond donors (Lipinski definition) is 1. The van der Waals surface area contributed by atoms with Crippen LogP contribution in [0.4, 0.5) is 4.79 Å². The number of ether oxygens (including phenoxy) is 1. The molecule has 114 valence electrons. The van der Waals surface area contributed by atoms with E-state index in [0.717, 1.165) is 19.4 Å². The summed E-state index contributed by atoms with van der Waals surface area (Å²) in [6.45, 7) is 7.56. The molecule has 2 N–H and O–H groups in total. The second kappa shape index (κ2) is 5.35. The van der Waals surface area contributed by atoms with Gasteiger partial charge in [0.05, 0.1) is 0 Å². The molecule has 0 radical (unpaired) electrons. The predicted molar refractivity (Wildman–Crippen MR) is 76.3 cm³/mol. The highest BCUT2D eigenvalue weighted by Crippen LogP contribution is 2.47. The van der Waals surface area contributed by atoms with Gasteiger partial charge >= 0.3 is 6.09 Å². The molecule has 5 heteroatoms. The van der Waals surface area contributed by atoms with Gasteiger partial charge in [0.1, 0.15) is 11.4 Å². The number of hydrogen-bond acceptors (Lipinski definition) is 4. The zero-order valence-corrected chi connectivity index (χ0v) is 12.8. The van der Waals surface area contributed by atoms with Crippen molar-refractivity contribution in [2.45, 2.75) is 52.1 Å². The second-order valence-corrected chi connectivity index (χ2v) is 7.22. The van der Waals surface area contributed by atoms with Gasteiger partial charge in [0.25, 0.3) is 0 Å². The summed E-state index contributed by atoms with van der Waals surface area (Å²) >= 11 is 0. The summed E-state index contributed by atoms with van der Waals surface area (Å²) < 4.78 is 5.43. The molecule has 2 fully saturated rings. The monoisotopic (exact) mass is 282 g/mol. The largest absolute Gasteiger partial charge is 0.444 e. The van der Waals surface area contributed by atoms with Crippen molar-refractivity contribution in [3.8, 4) is 0 Å². The third-order valence-corrected chi connectivity index (χ3v) is 4.44. The summed E-state index contributed by atoms with van der Waals surface area (Å²) in [5, 5.41) is 0. The van der Waals surface area contributed by atoms with E-state index in [0.29, 0.717) is 37.6 Å². The minimum Gasteiger partial charge on any atom is -0.444 e. The number of carbonyl (C=O) groups excluding carboxylic acids is 2. The van der Waals surface area contributed by atoms with E-state index < -0.39 is 5.60 Å². The normalized spacial score (nSPS) is 26.1. The fourth-order valence-electron chi connectivity index (χ4n) is 3.30. The SMILES string of the molecule is CC(C)(C)OC(=O)N1CCCC(C2(CN)CC(=O)C2)C1. The lowest BCUT2D eigenvalue weighted by atomic mass is 9.58. The summed E-state index contributed by atoms with van der Waals surface area (Å²) in [7, 11) is 0. The van der Waals surface area contributed by atoms with Crippen molar-refractivity contribution in [3.05, 3.63) is 0 Å². The van der Waals surface area contributed by atoms with Crippen LogP contribution in [0.25, 0.3) is 0 Å². The van der Waals surface area contributed by atoms with Crippen LogP contribution >= 0.6 is 0 Å². The molecule has 1 heterocycles. The molecule has 2 aliphatic rings. The Morgan fingerprint density at radius 2 is 2.10 bits per heavy atom. The third-order valence-electron chi connectivity index (χ3n) is 4.44. The number of ketones is 1. The van der Waals surface area contributed by atoms with Crippen molar-refractivity contribution in [1.29, 1.82) is 0 Å². The standard InChI is InChI=1S/C15H26N2O3/c1-14(2,3)20-13(19)17-6-4-5-11(9-17)15(10-16)7-12(18)8-15/h11H,4-10,16H2,1-3H3. The van der Waals surface area contributed by atoms with Crippen LogP contribution in [0.2, 0.25) is 0 Å². The van der Waals surface area contributed by atoms with Gasteiger partial charge < -0.3 is 15.4 Å². The first-order valence-electron chi connectivity index (χ1n) is 7.45. The fourth-order valence-corrected chi connectivity index (χ4v) is 3.30. The van der Waals surface area contributed by atoms with Gasteiger partial charge in [0, 0.05) is 31.3 Å². The summed E-state index contributed by atoms with van der Waals surface area (Å²) in [6.07, 6.45) is 2.91. The molecule has 0 aromatic carbocycles. The van der Waals surface area contributed by atoms with E-state index in [1.165, 1.54) is 0 Å². The zero-order chi connectivity index (χ0) is 15.0. The van der Waals surface area contributed by atoms with Crippen LogP contribution in [0, 0.1) is 11.3 Å². The molecular formula is C15H26N2O3. The highest BCUT2D eigenvalue weighted by molar-refractivity contribution is 5.86. The Hall–Kier alpha value is -1.10. The molecule has 5 nitrogen and oxygen atoms in total. The van der Waals surface area contributed by atoms with Crippen LogP contribution < -0.4 is 5.73 Å². The number of amides is 1. The first kappa shape index (κ1) is 15.3. The molecule has 1 atom stereocenters. The van der Waals surface area contributed by atoms with E-state index in [1.807, 2.05) is 20.8 Å². The molecule has 1 saturated carbocycles. The van der Waals surface area contributed by atoms with E-state index in [2.05, 4.69) is 0 Å². The van der Waals surface area contributed by atoms with Crippen LogP contribution in [0.3, 0.4) is 0 Å². The van der Waals surface area contributed by atoms with Gasteiger partial charge in [-0.2, -0.15) is 0 Å². The van der Waals surface area contributed by atoms with Crippen LogP contribution in [0.15, 0.2) is 0 Å². The highest BCUT2D eigenvalue weighted by Gasteiger charge is 2.49. The maximum atomic E-state index is 12.2. The lowest BCUT2D eigenvalue weighted by Crippen LogP contribution is -2.55. The van der Waals surface area contributed by atoms with Gasteiger partial charge in [-0.3, -0.25) is 4.79 Å². The Bertz CT molecular complexity index is 392. The van der Waals surface area contributed by atoms with Crippen LogP contribution in [0.1, 0.15) is 46.5 Å². The minimum atomic E-state index is -0.470. The molecule has 20 heavy (non-hydrogen) atoms. The number of likely N-dealkylation sites (tertiary alicyclic amines) is 1. The number of nitrogens with zero attached hydrogens (tertiary/aromatic N) is 1. The first-order chi connectivity index (χ1) is 9.26. The molecule has 2 rings (SSSR count). The molecule has 0 bridgehead atoms. The highest BCUT2D eigenvalue weighted by atomic mass is 16.6. The van der Waals surface area contributed by atoms with Crippen LogP contribution in [-0.2, 0) is 9.53 Å². The number of Topliss-reactive ketones (excluding diaryl/α,β-unsaturated/α-hetero) is 1. The number of rotatable bonds is 2. The van der Waals surface area contributed by atoms with Gasteiger partial charge in [-0.1, -0.05) is 0 Å². The van der Waals surface area contributed by atoms with E-state index in [9.17, 15) is 9.59 Å². The minimum absolute atomic E-state index is 0.0717. The number of carbonyl (C=O) groups is 2. The smallest absolute Gasteiger partial charge is 0.410 e. The first-order valence-corrected chi connectivity index (χ1v) is 7.45. The number of nitrogens with two attached hydrogens (primary N) is 1. The quantitative estimate of drug-likeness (QED) is 0.840. The Labute approximate surface area is 120 Å². The van der Waals surface area contributed by atoms with E-state index in [1.54, 1.807) is 4.90 Å². The van der Waals surface area contributed by atoms with Crippen molar-refractivity contribution in [3.63, 3.8) is 0 Å². The van der Waals surface area contributed by atoms with E-state index in [4.69, 9.17) is 10.5 Å². The molecule has 0 aromatic heterocycles. The average Bonchev–Trinajstić information content (AvgIpc) is 2.33. The molecule has 1 unspecified atom stereocenters. The van der Waals surface area contributed by atoms with Crippen LogP contribution in [0.5, 0.6) is 0 Å². The van der Waals surface area contributed by atoms with Gasteiger partial charge in [-0.25, -0.2) is 4.79 Å².